The van der Waals surface area contributed by atoms with Crippen LogP contribution in [-0.4, -0.2) is 4.57 Å². The highest BCUT2D eigenvalue weighted by Gasteiger charge is 2.08. The summed E-state index contributed by atoms with van der Waals surface area (Å²) in [5.41, 5.74) is 3.41. The molecule has 3 rings (SSSR count). The van der Waals surface area contributed by atoms with Gasteiger partial charge in [-0.3, -0.25) is 0 Å². The third-order valence-corrected chi connectivity index (χ3v) is 3.51. The van der Waals surface area contributed by atoms with Crippen molar-refractivity contribution in [1.82, 2.24) is 4.57 Å². The Hall–Kier alpha value is -2.29. The molecule has 0 unspecified atom stereocenters. The Morgan fingerprint density at radius 3 is 2.70 bits per heavy atom. The van der Waals surface area contributed by atoms with E-state index in [1.54, 1.807) is 18.2 Å². The Bertz CT molecular complexity index is 761. The van der Waals surface area contributed by atoms with E-state index in [9.17, 15) is 4.39 Å². The smallest absolute Gasteiger partial charge is 0.165 e. The molecule has 3 aromatic rings. The van der Waals surface area contributed by atoms with Crippen molar-refractivity contribution < 1.29 is 9.13 Å². The summed E-state index contributed by atoms with van der Waals surface area (Å²) < 4.78 is 21.2. The summed E-state index contributed by atoms with van der Waals surface area (Å²) in [7, 11) is 2.00. The fraction of sp³-hybridized carbons (Fsp3) is 0.176. The average molecular weight is 269 g/mol. The molecule has 3 heteroatoms. The van der Waals surface area contributed by atoms with Crippen LogP contribution in [0.4, 0.5) is 4.39 Å². The van der Waals surface area contributed by atoms with Gasteiger partial charge in [0.25, 0.3) is 0 Å². The molecule has 2 aromatic carbocycles. The fourth-order valence-electron chi connectivity index (χ4n) is 2.35. The molecule has 0 aliphatic rings. The molecule has 1 aromatic heterocycles. The molecule has 20 heavy (non-hydrogen) atoms. The topological polar surface area (TPSA) is 14.2 Å². The molecule has 1 heterocycles. The van der Waals surface area contributed by atoms with Gasteiger partial charge in [0.15, 0.2) is 11.6 Å². The van der Waals surface area contributed by atoms with Crippen molar-refractivity contribution in [3.05, 3.63) is 65.6 Å². The van der Waals surface area contributed by atoms with Gasteiger partial charge in [0.1, 0.15) is 6.61 Å². The number of rotatable bonds is 3. The molecule has 0 amide bonds. The number of halogens is 1. The molecule has 0 fully saturated rings. The third-order valence-electron chi connectivity index (χ3n) is 3.51. The summed E-state index contributed by atoms with van der Waals surface area (Å²) >= 11 is 0. The third kappa shape index (κ3) is 2.27. The maximum atomic E-state index is 13.5. The van der Waals surface area contributed by atoms with E-state index in [-0.39, 0.29) is 11.6 Å². The number of benzene rings is 2. The highest BCUT2D eigenvalue weighted by molar-refractivity contribution is 5.81. The molecule has 0 saturated heterocycles. The van der Waals surface area contributed by atoms with Gasteiger partial charge >= 0.3 is 0 Å². The minimum atomic E-state index is -0.331. The van der Waals surface area contributed by atoms with Crippen LogP contribution >= 0.6 is 0 Å². The number of para-hydroxylation sites is 1. The lowest BCUT2D eigenvalue weighted by atomic mass is 10.2. The average Bonchev–Trinajstić information content (AvgIpc) is 2.75. The molecule has 2 nitrogen and oxygen atoms in total. The zero-order valence-corrected chi connectivity index (χ0v) is 11.6. The van der Waals surface area contributed by atoms with Crippen LogP contribution in [0.15, 0.2) is 48.5 Å². The number of aromatic nitrogens is 1. The summed E-state index contributed by atoms with van der Waals surface area (Å²) in [6.45, 7) is 2.42. The molecule has 0 bridgehead atoms. The lowest BCUT2D eigenvalue weighted by Crippen LogP contribution is -2.02. The van der Waals surface area contributed by atoms with Gasteiger partial charge in [0.05, 0.1) is 5.69 Å². The van der Waals surface area contributed by atoms with Crippen LogP contribution in [0.1, 0.15) is 11.3 Å². The fourth-order valence-corrected chi connectivity index (χ4v) is 2.35. The Balaban J connectivity index is 1.88. The summed E-state index contributed by atoms with van der Waals surface area (Å²) in [5, 5.41) is 1.17. The van der Waals surface area contributed by atoms with Crippen LogP contribution in [0.25, 0.3) is 10.9 Å². The second-order valence-electron chi connectivity index (χ2n) is 4.98. The molecule has 0 radical (unpaired) electrons. The van der Waals surface area contributed by atoms with Crippen LogP contribution in [0.3, 0.4) is 0 Å². The monoisotopic (exact) mass is 269 g/mol. The zero-order valence-electron chi connectivity index (χ0n) is 11.6. The van der Waals surface area contributed by atoms with Gasteiger partial charge in [-0.2, -0.15) is 0 Å². The summed E-state index contributed by atoms with van der Waals surface area (Å²) in [6, 6.07) is 14.9. The van der Waals surface area contributed by atoms with Gasteiger partial charge in [0, 0.05) is 12.6 Å². The number of ether oxygens (including phenoxy) is 1. The highest BCUT2D eigenvalue weighted by atomic mass is 19.1. The van der Waals surface area contributed by atoms with Crippen molar-refractivity contribution in [3.8, 4) is 5.75 Å². The van der Waals surface area contributed by atoms with Gasteiger partial charge in [-0.1, -0.05) is 24.3 Å². The SMILES string of the molecule is Cc1ccc2cc(COc3ccccc3F)n(C)c2c1. The Morgan fingerprint density at radius 2 is 1.90 bits per heavy atom. The summed E-state index contributed by atoms with van der Waals surface area (Å²) in [4.78, 5) is 0. The van der Waals surface area contributed by atoms with Crippen LogP contribution in [0, 0.1) is 12.7 Å². The maximum Gasteiger partial charge on any atom is 0.165 e. The normalized spacial score (nSPS) is 10.9. The predicted octanol–water partition coefficient (Wildman–Crippen LogP) is 4.20. The van der Waals surface area contributed by atoms with Crippen molar-refractivity contribution in [1.29, 1.82) is 0 Å². The molecule has 0 spiro atoms. The van der Waals surface area contributed by atoms with E-state index in [0.717, 1.165) is 11.2 Å². The molecule has 0 N–H and O–H groups in total. The van der Waals surface area contributed by atoms with Gasteiger partial charge in [-0.25, -0.2) is 4.39 Å². The number of aryl methyl sites for hydroxylation is 2. The number of nitrogens with zero attached hydrogens (tertiary/aromatic N) is 1. The first-order chi connectivity index (χ1) is 9.65. The van der Waals surface area contributed by atoms with Crippen LogP contribution in [0.5, 0.6) is 5.75 Å². The quantitative estimate of drug-likeness (QED) is 0.695. The van der Waals surface area contributed by atoms with Crippen LogP contribution in [-0.2, 0) is 13.7 Å². The lowest BCUT2D eigenvalue weighted by Gasteiger charge is -2.08. The van der Waals surface area contributed by atoms with E-state index < -0.39 is 0 Å². The molecule has 0 atom stereocenters. The number of fused-ring (bicyclic) bond motifs is 1. The maximum absolute atomic E-state index is 13.5. The van der Waals surface area contributed by atoms with Gasteiger partial charge < -0.3 is 9.30 Å². The van der Waals surface area contributed by atoms with E-state index >= 15 is 0 Å². The second kappa shape index (κ2) is 5.00. The van der Waals surface area contributed by atoms with E-state index in [0.29, 0.717) is 6.61 Å². The van der Waals surface area contributed by atoms with Gasteiger partial charge in [0.2, 0.25) is 0 Å². The summed E-state index contributed by atoms with van der Waals surface area (Å²) in [6.07, 6.45) is 0. The molecular formula is C17H16FNO. The minimum absolute atomic E-state index is 0.286. The van der Waals surface area contributed by atoms with Crippen LogP contribution < -0.4 is 4.74 Å². The van der Waals surface area contributed by atoms with Gasteiger partial charge in [-0.15, -0.1) is 0 Å². The van der Waals surface area contributed by atoms with Crippen molar-refractivity contribution >= 4 is 10.9 Å². The first-order valence-electron chi connectivity index (χ1n) is 6.57. The second-order valence-corrected chi connectivity index (χ2v) is 4.98. The molecule has 0 saturated carbocycles. The van der Waals surface area contributed by atoms with Crippen molar-refractivity contribution in [2.45, 2.75) is 13.5 Å². The number of hydrogen-bond acceptors (Lipinski definition) is 1. The first kappa shape index (κ1) is 12.7. The van der Waals surface area contributed by atoms with E-state index in [1.807, 2.05) is 7.05 Å². The van der Waals surface area contributed by atoms with Crippen LogP contribution in [0.2, 0.25) is 0 Å². The Kier molecular flexibility index (Phi) is 3.18. The molecule has 102 valence electrons. The molecule has 0 aliphatic carbocycles. The lowest BCUT2D eigenvalue weighted by molar-refractivity contribution is 0.283. The van der Waals surface area contributed by atoms with E-state index in [2.05, 4.69) is 35.8 Å². The van der Waals surface area contributed by atoms with Crippen molar-refractivity contribution in [2.24, 2.45) is 7.05 Å². The molecular weight excluding hydrogens is 253 g/mol. The van der Waals surface area contributed by atoms with E-state index in [1.165, 1.54) is 17.0 Å². The molecule has 0 aliphatic heterocycles. The predicted molar refractivity (Wildman–Crippen MR) is 78.4 cm³/mol. The van der Waals surface area contributed by atoms with Crippen molar-refractivity contribution in [2.75, 3.05) is 0 Å². The van der Waals surface area contributed by atoms with Gasteiger partial charge in [-0.05, 0) is 42.1 Å². The largest absolute Gasteiger partial charge is 0.484 e. The van der Waals surface area contributed by atoms with E-state index in [4.69, 9.17) is 4.74 Å². The zero-order chi connectivity index (χ0) is 14.1. The Morgan fingerprint density at radius 1 is 1.10 bits per heavy atom. The standard InChI is InChI=1S/C17H16FNO/c1-12-7-8-13-10-14(19(2)16(13)9-12)11-20-17-6-4-3-5-15(17)18/h3-10H,11H2,1-2H3. The highest BCUT2D eigenvalue weighted by Crippen LogP contribution is 2.22. The Labute approximate surface area is 117 Å². The minimum Gasteiger partial charge on any atom is -0.484 e. The summed E-state index contributed by atoms with van der Waals surface area (Å²) in [5.74, 6) is -0.0453. The number of hydrogen-bond donors (Lipinski definition) is 0. The van der Waals surface area contributed by atoms with Crippen molar-refractivity contribution in [3.63, 3.8) is 0 Å². The first-order valence-corrected chi connectivity index (χ1v) is 6.57.